The smallest absolute Gasteiger partial charge is 0.324 e. The Morgan fingerprint density at radius 3 is 2.71 bits per heavy atom. The van der Waals surface area contributed by atoms with E-state index >= 15 is 0 Å². The summed E-state index contributed by atoms with van der Waals surface area (Å²) in [5.41, 5.74) is 0. The van der Waals surface area contributed by atoms with Crippen LogP contribution in [0.5, 0.6) is 0 Å². The highest BCUT2D eigenvalue weighted by molar-refractivity contribution is 5.96. The van der Waals surface area contributed by atoms with E-state index in [4.69, 9.17) is 4.74 Å². The Morgan fingerprint density at radius 2 is 2.00 bits per heavy atom. The minimum absolute atomic E-state index is 0.181. The van der Waals surface area contributed by atoms with Crippen molar-refractivity contribution < 1.29 is 14.3 Å². The predicted molar refractivity (Wildman–Crippen MR) is 62.6 cm³/mol. The molecule has 1 saturated heterocycles. The highest BCUT2D eigenvalue weighted by Crippen LogP contribution is 2.20. The molecule has 5 nitrogen and oxygen atoms in total. The van der Waals surface area contributed by atoms with Crippen LogP contribution in [-0.2, 0) is 9.53 Å². The number of carbonyl (C=O) groups excluding carboxylic acids is 2. The molecule has 17 heavy (non-hydrogen) atoms. The molecule has 3 amide bonds. The molecule has 2 aliphatic rings. The van der Waals surface area contributed by atoms with E-state index in [-0.39, 0.29) is 11.9 Å². The maximum Gasteiger partial charge on any atom is 0.324 e. The van der Waals surface area contributed by atoms with Gasteiger partial charge in [-0.05, 0) is 12.8 Å². The summed E-state index contributed by atoms with van der Waals surface area (Å²) in [4.78, 5) is 24.0. The van der Waals surface area contributed by atoms with Gasteiger partial charge < -0.3 is 9.64 Å². The molecule has 1 N–H and O–H groups in total. The Balaban J connectivity index is 1.64. The lowest BCUT2D eigenvalue weighted by atomic mass is 9.98. The van der Waals surface area contributed by atoms with Gasteiger partial charge in [-0.3, -0.25) is 10.1 Å². The van der Waals surface area contributed by atoms with Crippen molar-refractivity contribution in [3.8, 4) is 0 Å². The van der Waals surface area contributed by atoms with Crippen molar-refractivity contribution in [2.75, 3.05) is 19.7 Å². The summed E-state index contributed by atoms with van der Waals surface area (Å²) < 4.78 is 5.75. The molecular formula is C12H20N2O3. The van der Waals surface area contributed by atoms with Crippen LogP contribution < -0.4 is 5.32 Å². The average Bonchev–Trinajstić information content (AvgIpc) is 2.33. The molecule has 2 rings (SSSR count). The molecule has 0 unspecified atom stereocenters. The first-order chi connectivity index (χ1) is 8.25. The average molecular weight is 240 g/mol. The van der Waals surface area contributed by atoms with Crippen LogP contribution in [0.3, 0.4) is 0 Å². The third kappa shape index (κ3) is 3.70. The molecule has 2 fully saturated rings. The van der Waals surface area contributed by atoms with Crippen LogP contribution in [0.4, 0.5) is 4.79 Å². The van der Waals surface area contributed by atoms with Crippen molar-refractivity contribution in [1.29, 1.82) is 0 Å². The lowest BCUT2D eigenvalue weighted by Crippen LogP contribution is -2.50. The molecule has 0 aromatic carbocycles. The number of nitrogens with one attached hydrogen (secondary N) is 1. The molecule has 0 bridgehead atoms. The van der Waals surface area contributed by atoms with Gasteiger partial charge in [0.1, 0.15) is 0 Å². The number of carbonyl (C=O) groups is 2. The summed E-state index contributed by atoms with van der Waals surface area (Å²) in [6, 6.07) is -0.284. The number of rotatable bonds is 4. The lowest BCUT2D eigenvalue weighted by Gasteiger charge is -2.28. The van der Waals surface area contributed by atoms with E-state index in [0.29, 0.717) is 32.2 Å². The van der Waals surface area contributed by atoms with Crippen LogP contribution in [-0.4, -0.2) is 42.6 Å². The van der Waals surface area contributed by atoms with E-state index in [1.807, 2.05) is 0 Å². The van der Waals surface area contributed by atoms with Gasteiger partial charge in [0.25, 0.3) is 0 Å². The summed E-state index contributed by atoms with van der Waals surface area (Å²) in [6.07, 6.45) is 6.88. The fourth-order valence-electron chi connectivity index (χ4n) is 2.37. The summed E-state index contributed by atoms with van der Waals surface area (Å²) in [5, 5.41) is 2.31. The molecule has 1 saturated carbocycles. The van der Waals surface area contributed by atoms with Gasteiger partial charge in [-0.1, -0.05) is 19.3 Å². The standard InChI is InChI=1S/C12H20N2O3/c15-11-6-7-14(12(16)13-11)8-9-17-10-4-2-1-3-5-10/h10H,1-9H2,(H,13,15,16). The molecule has 1 aliphatic carbocycles. The second-order valence-corrected chi connectivity index (χ2v) is 4.72. The lowest BCUT2D eigenvalue weighted by molar-refractivity contribution is -0.121. The van der Waals surface area contributed by atoms with Crippen LogP contribution in [0.25, 0.3) is 0 Å². The van der Waals surface area contributed by atoms with Crippen LogP contribution in [0.1, 0.15) is 38.5 Å². The van der Waals surface area contributed by atoms with Crippen molar-refractivity contribution >= 4 is 11.9 Å². The van der Waals surface area contributed by atoms with Crippen molar-refractivity contribution in [3.63, 3.8) is 0 Å². The monoisotopic (exact) mass is 240 g/mol. The van der Waals surface area contributed by atoms with Crippen molar-refractivity contribution in [2.45, 2.75) is 44.6 Å². The topological polar surface area (TPSA) is 58.6 Å². The van der Waals surface area contributed by atoms with E-state index in [2.05, 4.69) is 5.32 Å². The van der Waals surface area contributed by atoms with Gasteiger partial charge in [0, 0.05) is 19.5 Å². The number of ether oxygens (including phenoxy) is 1. The fourth-order valence-corrected chi connectivity index (χ4v) is 2.37. The van der Waals surface area contributed by atoms with E-state index in [0.717, 1.165) is 12.8 Å². The Morgan fingerprint density at radius 1 is 1.24 bits per heavy atom. The number of hydrogen-bond acceptors (Lipinski definition) is 3. The zero-order valence-corrected chi connectivity index (χ0v) is 10.1. The highest BCUT2D eigenvalue weighted by Gasteiger charge is 2.22. The molecule has 0 aromatic rings. The Hall–Kier alpha value is -1.10. The summed E-state index contributed by atoms with van der Waals surface area (Å²) in [5.74, 6) is -0.181. The molecule has 96 valence electrons. The first-order valence-corrected chi connectivity index (χ1v) is 6.46. The van der Waals surface area contributed by atoms with Crippen LogP contribution in [0.2, 0.25) is 0 Å². The number of urea groups is 1. The molecule has 1 heterocycles. The first kappa shape index (κ1) is 12.4. The second-order valence-electron chi connectivity index (χ2n) is 4.72. The number of imide groups is 1. The van der Waals surface area contributed by atoms with Crippen molar-refractivity contribution in [3.05, 3.63) is 0 Å². The minimum Gasteiger partial charge on any atom is -0.376 e. The van der Waals surface area contributed by atoms with E-state index in [9.17, 15) is 9.59 Å². The molecule has 0 radical (unpaired) electrons. The largest absolute Gasteiger partial charge is 0.376 e. The normalized spacial score (nSPS) is 22.7. The highest BCUT2D eigenvalue weighted by atomic mass is 16.5. The SMILES string of the molecule is O=C1CCN(CCOC2CCCCC2)C(=O)N1. The predicted octanol–water partition coefficient (Wildman–Crippen LogP) is 1.28. The Labute approximate surface area is 101 Å². The van der Waals surface area contributed by atoms with Gasteiger partial charge >= 0.3 is 6.03 Å². The van der Waals surface area contributed by atoms with Crippen LogP contribution in [0, 0.1) is 0 Å². The van der Waals surface area contributed by atoms with Crippen molar-refractivity contribution in [2.24, 2.45) is 0 Å². The van der Waals surface area contributed by atoms with E-state index < -0.39 is 0 Å². The fraction of sp³-hybridized carbons (Fsp3) is 0.833. The van der Waals surface area contributed by atoms with E-state index in [1.165, 1.54) is 19.3 Å². The molecule has 1 aliphatic heterocycles. The zero-order valence-electron chi connectivity index (χ0n) is 10.1. The maximum atomic E-state index is 11.4. The van der Waals surface area contributed by atoms with Crippen molar-refractivity contribution in [1.82, 2.24) is 10.2 Å². The van der Waals surface area contributed by atoms with Crippen LogP contribution >= 0.6 is 0 Å². The van der Waals surface area contributed by atoms with Gasteiger partial charge in [-0.2, -0.15) is 0 Å². The van der Waals surface area contributed by atoms with E-state index in [1.54, 1.807) is 4.90 Å². The number of hydrogen-bond donors (Lipinski definition) is 1. The zero-order chi connectivity index (χ0) is 12.1. The third-order valence-electron chi connectivity index (χ3n) is 3.41. The van der Waals surface area contributed by atoms with Gasteiger partial charge in [0.2, 0.25) is 5.91 Å². The maximum absolute atomic E-state index is 11.4. The van der Waals surface area contributed by atoms with Crippen LogP contribution in [0.15, 0.2) is 0 Å². The number of amides is 3. The van der Waals surface area contributed by atoms with Gasteiger partial charge in [-0.15, -0.1) is 0 Å². The second kappa shape index (κ2) is 6.00. The molecular weight excluding hydrogens is 220 g/mol. The summed E-state index contributed by atoms with van der Waals surface area (Å²) >= 11 is 0. The Kier molecular flexibility index (Phi) is 4.36. The van der Waals surface area contributed by atoms with Gasteiger partial charge in [0.05, 0.1) is 12.7 Å². The molecule has 0 atom stereocenters. The Bertz CT molecular complexity index is 287. The quantitative estimate of drug-likeness (QED) is 0.805. The molecule has 0 spiro atoms. The summed E-state index contributed by atoms with van der Waals surface area (Å²) in [6.45, 7) is 1.67. The first-order valence-electron chi connectivity index (χ1n) is 6.46. The third-order valence-corrected chi connectivity index (χ3v) is 3.41. The number of nitrogens with zero attached hydrogens (tertiary/aromatic N) is 1. The minimum atomic E-state index is -0.284. The molecule has 0 aromatic heterocycles. The summed E-state index contributed by atoms with van der Waals surface area (Å²) in [7, 11) is 0. The van der Waals surface area contributed by atoms with Gasteiger partial charge in [-0.25, -0.2) is 4.79 Å². The van der Waals surface area contributed by atoms with Gasteiger partial charge in [0.15, 0.2) is 0 Å². The molecule has 5 heteroatoms.